The van der Waals surface area contributed by atoms with Crippen LogP contribution in [0.15, 0.2) is 36.5 Å². The number of nitrogens with one attached hydrogen (secondary N) is 1. The minimum absolute atomic E-state index is 0.102. The molecule has 27 heavy (non-hydrogen) atoms. The Kier molecular flexibility index (Phi) is 4.86. The summed E-state index contributed by atoms with van der Waals surface area (Å²) in [5.74, 6) is -0.102. The highest BCUT2D eigenvalue weighted by atomic mass is 32.1. The molecule has 6 nitrogen and oxygen atoms in total. The minimum atomic E-state index is -0.102. The van der Waals surface area contributed by atoms with Crippen LogP contribution in [-0.2, 0) is 11.3 Å². The maximum absolute atomic E-state index is 12.6. The number of thiophene rings is 1. The molecule has 0 fully saturated rings. The van der Waals surface area contributed by atoms with Gasteiger partial charge < -0.3 is 19.5 Å². The van der Waals surface area contributed by atoms with E-state index < -0.39 is 0 Å². The molecular weight excluding hydrogens is 380 g/mol. The van der Waals surface area contributed by atoms with Crippen molar-refractivity contribution in [1.82, 2.24) is 9.55 Å². The molecule has 0 aliphatic heterocycles. The number of amides is 1. The zero-order chi connectivity index (χ0) is 19.0. The first kappa shape index (κ1) is 18.0. The fourth-order valence-corrected chi connectivity index (χ4v) is 4.91. The lowest BCUT2D eigenvalue weighted by Gasteiger charge is -2.07. The second kappa shape index (κ2) is 7.30. The molecule has 0 spiro atoms. The standard InChI is InChI=1S/C19H20N4O2S2/c1-22(2)19-21-18-16(27-19)11-15(26-18)17(24)20-13-4-5-14-12(10-13)6-7-23(14)8-9-25-3/h4-7,10-11H,8-9H2,1-3H3,(H,20,24). The van der Waals surface area contributed by atoms with E-state index in [1.165, 1.54) is 11.3 Å². The van der Waals surface area contributed by atoms with Crippen LogP contribution in [0.3, 0.4) is 0 Å². The van der Waals surface area contributed by atoms with Gasteiger partial charge in [0.05, 0.1) is 16.2 Å². The molecule has 1 amide bonds. The summed E-state index contributed by atoms with van der Waals surface area (Å²) < 4.78 is 8.33. The van der Waals surface area contributed by atoms with Crippen molar-refractivity contribution in [2.24, 2.45) is 0 Å². The number of carbonyl (C=O) groups excluding carboxylic acids is 1. The van der Waals surface area contributed by atoms with E-state index in [1.54, 1.807) is 18.4 Å². The van der Waals surface area contributed by atoms with Gasteiger partial charge in [0.1, 0.15) is 4.83 Å². The Morgan fingerprint density at radius 2 is 2.11 bits per heavy atom. The highest BCUT2D eigenvalue weighted by Gasteiger charge is 2.15. The number of hydrogen-bond donors (Lipinski definition) is 1. The molecule has 1 aromatic carbocycles. The van der Waals surface area contributed by atoms with E-state index in [0.717, 1.165) is 37.8 Å². The normalized spacial score (nSPS) is 11.4. The Hall–Kier alpha value is -2.42. The molecule has 3 aromatic heterocycles. The van der Waals surface area contributed by atoms with Gasteiger partial charge in [-0.3, -0.25) is 4.79 Å². The van der Waals surface area contributed by atoms with Crippen LogP contribution in [-0.4, -0.2) is 43.3 Å². The average molecular weight is 401 g/mol. The first-order valence-electron chi connectivity index (χ1n) is 8.52. The zero-order valence-corrected chi connectivity index (χ0v) is 17.0. The predicted molar refractivity (Wildman–Crippen MR) is 114 cm³/mol. The summed E-state index contributed by atoms with van der Waals surface area (Å²) >= 11 is 3.02. The third-order valence-corrected chi connectivity index (χ3v) is 6.58. The summed E-state index contributed by atoms with van der Waals surface area (Å²) in [5.41, 5.74) is 1.91. The SMILES string of the molecule is COCCn1ccc2cc(NC(=O)c3cc4sc(N(C)C)nc4s3)ccc21. The molecular formula is C19H20N4O2S2. The van der Waals surface area contributed by atoms with Gasteiger partial charge in [-0.1, -0.05) is 11.3 Å². The quantitative estimate of drug-likeness (QED) is 0.525. The van der Waals surface area contributed by atoms with E-state index in [1.807, 2.05) is 49.5 Å². The first-order chi connectivity index (χ1) is 13.0. The van der Waals surface area contributed by atoms with Gasteiger partial charge in [-0.05, 0) is 30.3 Å². The molecule has 3 heterocycles. The van der Waals surface area contributed by atoms with Gasteiger partial charge in [0, 0.05) is 50.5 Å². The van der Waals surface area contributed by atoms with Crippen molar-refractivity contribution in [3.63, 3.8) is 0 Å². The number of methoxy groups -OCH3 is 1. The van der Waals surface area contributed by atoms with Crippen LogP contribution in [0, 0.1) is 0 Å². The number of carbonyl (C=O) groups is 1. The second-order valence-corrected chi connectivity index (χ2v) is 8.44. The Balaban J connectivity index is 1.52. The lowest BCUT2D eigenvalue weighted by Crippen LogP contribution is -2.10. The summed E-state index contributed by atoms with van der Waals surface area (Å²) in [6.07, 6.45) is 2.04. The number of nitrogens with zero attached hydrogens (tertiary/aromatic N) is 3. The Bertz CT molecular complexity index is 1080. The fourth-order valence-electron chi connectivity index (χ4n) is 2.88. The third-order valence-electron chi connectivity index (χ3n) is 4.25. The lowest BCUT2D eigenvalue weighted by molar-refractivity contribution is 0.103. The molecule has 0 saturated carbocycles. The summed E-state index contributed by atoms with van der Waals surface area (Å²) in [6.45, 7) is 1.47. The molecule has 0 atom stereocenters. The Labute approximate surface area is 165 Å². The van der Waals surface area contributed by atoms with E-state index >= 15 is 0 Å². The molecule has 140 valence electrons. The average Bonchev–Trinajstić information content (AvgIpc) is 3.32. The van der Waals surface area contributed by atoms with E-state index in [2.05, 4.69) is 20.9 Å². The maximum atomic E-state index is 12.6. The van der Waals surface area contributed by atoms with Crippen LogP contribution in [0.5, 0.6) is 0 Å². The summed E-state index contributed by atoms with van der Waals surface area (Å²) in [6, 6.07) is 9.92. The van der Waals surface area contributed by atoms with Crippen molar-refractivity contribution in [3.8, 4) is 0 Å². The zero-order valence-electron chi connectivity index (χ0n) is 15.4. The number of benzene rings is 1. The number of fused-ring (bicyclic) bond motifs is 2. The van der Waals surface area contributed by atoms with Gasteiger partial charge in [-0.15, -0.1) is 11.3 Å². The largest absolute Gasteiger partial charge is 0.383 e. The van der Waals surface area contributed by atoms with Crippen LogP contribution in [0.1, 0.15) is 9.67 Å². The van der Waals surface area contributed by atoms with Crippen molar-refractivity contribution in [2.45, 2.75) is 6.54 Å². The molecule has 4 rings (SSSR count). The Morgan fingerprint density at radius 1 is 1.26 bits per heavy atom. The molecule has 0 unspecified atom stereocenters. The molecule has 0 bridgehead atoms. The van der Waals surface area contributed by atoms with E-state index in [9.17, 15) is 4.79 Å². The minimum Gasteiger partial charge on any atom is -0.383 e. The number of aromatic nitrogens is 2. The van der Waals surface area contributed by atoms with Gasteiger partial charge in [-0.25, -0.2) is 4.98 Å². The summed E-state index contributed by atoms with van der Waals surface area (Å²) in [5, 5.41) is 5.04. The first-order valence-corrected chi connectivity index (χ1v) is 10.2. The maximum Gasteiger partial charge on any atom is 0.265 e. The highest BCUT2D eigenvalue weighted by Crippen LogP contribution is 2.34. The molecule has 4 aromatic rings. The van der Waals surface area contributed by atoms with Crippen molar-refractivity contribution < 1.29 is 9.53 Å². The highest BCUT2D eigenvalue weighted by molar-refractivity contribution is 7.29. The smallest absolute Gasteiger partial charge is 0.265 e. The Morgan fingerprint density at radius 3 is 2.85 bits per heavy atom. The van der Waals surface area contributed by atoms with Crippen LogP contribution in [0.4, 0.5) is 10.8 Å². The number of hydrogen-bond acceptors (Lipinski definition) is 6. The number of anilines is 2. The molecule has 0 saturated heterocycles. The van der Waals surface area contributed by atoms with Gasteiger partial charge in [0.2, 0.25) is 0 Å². The third kappa shape index (κ3) is 3.55. The van der Waals surface area contributed by atoms with Crippen molar-refractivity contribution in [3.05, 3.63) is 41.4 Å². The molecule has 0 radical (unpaired) electrons. The fraction of sp³-hybridized carbons (Fsp3) is 0.263. The topological polar surface area (TPSA) is 59.4 Å². The van der Waals surface area contributed by atoms with Gasteiger partial charge in [0.15, 0.2) is 5.13 Å². The van der Waals surface area contributed by atoms with E-state index in [0.29, 0.717) is 11.5 Å². The summed E-state index contributed by atoms with van der Waals surface area (Å²) in [4.78, 5) is 20.7. The van der Waals surface area contributed by atoms with Crippen molar-refractivity contribution in [1.29, 1.82) is 0 Å². The van der Waals surface area contributed by atoms with E-state index in [4.69, 9.17) is 4.74 Å². The number of thiazole rings is 1. The molecule has 0 aliphatic carbocycles. The predicted octanol–water partition coefficient (Wildman–Crippen LogP) is 4.28. The molecule has 0 aliphatic rings. The molecule has 8 heteroatoms. The van der Waals surface area contributed by atoms with Crippen LogP contribution in [0.2, 0.25) is 0 Å². The van der Waals surface area contributed by atoms with Crippen LogP contribution in [0.25, 0.3) is 20.4 Å². The lowest BCUT2D eigenvalue weighted by atomic mass is 10.2. The molecule has 1 N–H and O–H groups in total. The van der Waals surface area contributed by atoms with Crippen LogP contribution >= 0.6 is 22.7 Å². The van der Waals surface area contributed by atoms with Gasteiger partial charge >= 0.3 is 0 Å². The van der Waals surface area contributed by atoms with E-state index in [-0.39, 0.29) is 5.91 Å². The van der Waals surface area contributed by atoms with Crippen LogP contribution < -0.4 is 10.2 Å². The van der Waals surface area contributed by atoms with Gasteiger partial charge in [-0.2, -0.15) is 0 Å². The monoisotopic (exact) mass is 400 g/mol. The number of rotatable bonds is 6. The second-order valence-electron chi connectivity index (χ2n) is 6.40. The van der Waals surface area contributed by atoms with Gasteiger partial charge in [0.25, 0.3) is 5.91 Å². The van der Waals surface area contributed by atoms with Crippen molar-refractivity contribution >= 4 is 59.8 Å². The summed E-state index contributed by atoms with van der Waals surface area (Å²) in [7, 11) is 5.63. The van der Waals surface area contributed by atoms with Crippen molar-refractivity contribution in [2.75, 3.05) is 38.0 Å². The number of ether oxygens (including phenoxy) is 1.